The van der Waals surface area contributed by atoms with E-state index < -0.39 is 0 Å². The van der Waals surface area contributed by atoms with Crippen LogP contribution in [0.1, 0.15) is 23.6 Å². The molecule has 3 heteroatoms. The summed E-state index contributed by atoms with van der Waals surface area (Å²) in [7, 11) is 0. The van der Waals surface area contributed by atoms with E-state index in [1.807, 2.05) is 31.2 Å². The molecule has 0 fully saturated rings. The number of hydrogen-bond donors (Lipinski definition) is 1. The number of aliphatic imine (C=N–C) groups is 1. The molecule has 0 unspecified atom stereocenters. The summed E-state index contributed by atoms with van der Waals surface area (Å²) in [4.78, 5) is 4.35. The standard InChI is InChI=1S/C16H16ClNO/c1-3-12-7-11(2)16(19)13(8-12)10-18-15-6-4-5-14(17)9-15/h4-10,19H,3H2,1-2H3. The van der Waals surface area contributed by atoms with Crippen molar-refractivity contribution in [2.24, 2.45) is 4.99 Å². The third-order valence-electron chi connectivity index (χ3n) is 2.96. The summed E-state index contributed by atoms with van der Waals surface area (Å²) in [5, 5.41) is 10.7. The van der Waals surface area contributed by atoms with Gasteiger partial charge in [0, 0.05) is 16.8 Å². The van der Waals surface area contributed by atoms with E-state index in [1.54, 1.807) is 18.3 Å². The van der Waals surface area contributed by atoms with Crippen LogP contribution in [0.15, 0.2) is 41.4 Å². The summed E-state index contributed by atoms with van der Waals surface area (Å²) in [6.45, 7) is 3.98. The molecule has 0 aromatic heterocycles. The third-order valence-corrected chi connectivity index (χ3v) is 3.19. The Morgan fingerprint density at radius 1 is 1.26 bits per heavy atom. The number of phenolic OH excluding ortho intramolecular Hbond substituents is 1. The average molecular weight is 274 g/mol. The van der Waals surface area contributed by atoms with Gasteiger partial charge in [-0.05, 0) is 48.7 Å². The van der Waals surface area contributed by atoms with Crippen LogP contribution in [0.3, 0.4) is 0 Å². The molecule has 0 aliphatic heterocycles. The fourth-order valence-corrected chi connectivity index (χ4v) is 2.07. The van der Waals surface area contributed by atoms with E-state index in [4.69, 9.17) is 11.6 Å². The van der Waals surface area contributed by atoms with Gasteiger partial charge in [-0.15, -0.1) is 0 Å². The van der Waals surface area contributed by atoms with E-state index >= 15 is 0 Å². The number of aromatic hydroxyl groups is 1. The van der Waals surface area contributed by atoms with Crippen LogP contribution < -0.4 is 0 Å². The molecule has 2 nitrogen and oxygen atoms in total. The Labute approximate surface area is 118 Å². The molecule has 0 heterocycles. The lowest BCUT2D eigenvalue weighted by atomic mass is 10.0. The fraction of sp³-hybridized carbons (Fsp3) is 0.188. The summed E-state index contributed by atoms with van der Waals surface area (Å²) >= 11 is 5.91. The number of hydrogen-bond acceptors (Lipinski definition) is 2. The van der Waals surface area contributed by atoms with Crippen molar-refractivity contribution in [2.45, 2.75) is 20.3 Å². The predicted octanol–water partition coefficient (Wildman–Crippen LogP) is 4.67. The molecule has 2 rings (SSSR count). The summed E-state index contributed by atoms with van der Waals surface area (Å²) < 4.78 is 0. The number of phenols is 1. The molecule has 2 aromatic rings. The molecule has 98 valence electrons. The molecule has 0 atom stereocenters. The number of nitrogens with zero attached hydrogens (tertiary/aromatic N) is 1. The van der Waals surface area contributed by atoms with Gasteiger partial charge >= 0.3 is 0 Å². The Kier molecular flexibility index (Phi) is 4.23. The van der Waals surface area contributed by atoms with Crippen molar-refractivity contribution >= 4 is 23.5 Å². The maximum atomic E-state index is 10.0. The highest BCUT2D eigenvalue weighted by molar-refractivity contribution is 6.30. The van der Waals surface area contributed by atoms with Crippen molar-refractivity contribution < 1.29 is 5.11 Å². The van der Waals surface area contributed by atoms with Gasteiger partial charge in [0.1, 0.15) is 5.75 Å². The van der Waals surface area contributed by atoms with Gasteiger partial charge in [0.25, 0.3) is 0 Å². The van der Waals surface area contributed by atoms with Crippen LogP contribution in [0.5, 0.6) is 5.75 Å². The van der Waals surface area contributed by atoms with Gasteiger partial charge in [0.05, 0.1) is 5.69 Å². The van der Waals surface area contributed by atoms with Crippen LogP contribution in [-0.2, 0) is 6.42 Å². The van der Waals surface area contributed by atoms with Crippen molar-refractivity contribution in [2.75, 3.05) is 0 Å². The maximum absolute atomic E-state index is 10.0. The molecule has 19 heavy (non-hydrogen) atoms. The largest absolute Gasteiger partial charge is 0.507 e. The summed E-state index contributed by atoms with van der Waals surface area (Å²) in [5.41, 5.74) is 3.55. The first-order chi connectivity index (χ1) is 9.10. The summed E-state index contributed by atoms with van der Waals surface area (Å²) in [6, 6.07) is 11.3. The number of aryl methyl sites for hydroxylation is 2. The zero-order chi connectivity index (χ0) is 13.8. The molecular weight excluding hydrogens is 258 g/mol. The number of rotatable bonds is 3. The Morgan fingerprint density at radius 2 is 2.05 bits per heavy atom. The highest BCUT2D eigenvalue weighted by Crippen LogP contribution is 2.24. The second-order valence-electron chi connectivity index (χ2n) is 4.44. The number of benzene rings is 2. The van der Waals surface area contributed by atoms with Gasteiger partial charge in [-0.25, -0.2) is 0 Å². The van der Waals surface area contributed by atoms with E-state index in [0.29, 0.717) is 5.02 Å². The lowest BCUT2D eigenvalue weighted by Crippen LogP contribution is -1.90. The summed E-state index contributed by atoms with van der Waals surface area (Å²) in [6.07, 6.45) is 2.60. The van der Waals surface area contributed by atoms with E-state index in [2.05, 4.69) is 11.9 Å². The Morgan fingerprint density at radius 3 is 2.74 bits per heavy atom. The van der Waals surface area contributed by atoms with Crippen LogP contribution in [0.25, 0.3) is 0 Å². The molecule has 0 saturated carbocycles. The monoisotopic (exact) mass is 273 g/mol. The first-order valence-corrected chi connectivity index (χ1v) is 6.60. The zero-order valence-electron chi connectivity index (χ0n) is 11.0. The Hall–Kier alpha value is -1.80. The van der Waals surface area contributed by atoms with Crippen molar-refractivity contribution in [1.82, 2.24) is 0 Å². The van der Waals surface area contributed by atoms with Gasteiger partial charge in [-0.3, -0.25) is 4.99 Å². The highest BCUT2D eigenvalue weighted by atomic mass is 35.5. The predicted molar refractivity (Wildman–Crippen MR) is 80.9 cm³/mol. The molecule has 1 N–H and O–H groups in total. The quantitative estimate of drug-likeness (QED) is 0.810. The lowest BCUT2D eigenvalue weighted by molar-refractivity contribution is 0.470. The van der Waals surface area contributed by atoms with Crippen LogP contribution in [-0.4, -0.2) is 11.3 Å². The molecule has 0 spiro atoms. The Balaban J connectivity index is 2.35. The smallest absolute Gasteiger partial charge is 0.127 e. The topological polar surface area (TPSA) is 32.6 Å². The molecule has 0 radical (unpaired) electrons. The SMILES string of the molecule is CCc1cc(C)c(O)c(C=Nc2cccc(Cl)c2)c1. The second-order valence-corrected chi connectivity index (χ2v) is 4.88. The first-order valence-electron chi connectivity index (χ1n) is 6.22. The molecule has 0 bridgehead atoms. The van der Waals surface area contributed by atoms with Gasteiger partial charge in [0.15, 0.2) is 0 Å². The molecule has 2 aromatic carbocycles. The van der Waals surface area contributed by atoms with E-state index in [9.17, 15) is 5.11 Å². The normalized spacial score (nSPS) is 11.1. The minimum absolute atomic E-state index is 0.281. The van der Waals surface area contributed by atoms with E-state index in [1.165, 1.54) is 5.56 Å². The van der Waals surface area contributed by atoms with E-state index in [0.717, 1.165) is 23.2 Å². The Bertz CT molecular complexity index is 620. The molecule has 0 saturated heterocycles. The van der Waals surface area contributed by atoms with Gasteiger partial charge in [-0.1, -0.05) is 30.7 Å². The van der Waals surface area contributed by atoms with Crippen molar-refractivity contribution in [3.05, 3.63) is 58.1 Å². The molecule has 0 aliphatic carbocycles. The highest BCUT2D eigenvalue weighted by Gasteiger charge is 2.04. The first kappa shape index (κ1) is 13.6. The fourth-order valence-electron chi connectivity index (χ4n) is 1.89. The van der Waals surface area contributed by atoms with Crippen LogP contribution in [0.2, 0.25) is 5.02 Å². The molecular formula is C16H16ClNO. The second kappa shape index (κ2) is 5.89. The number of halogens is 1. The van der Waals surface area contributed by atoms with Crippen LogP contribution in [0.4, 0.5) is 5.69 Å². The zero-order valence-corrected chi connectivity index (χ0v) is 11.8. The van der Waals surface area contributed by atoms with Gasteiger partial charge in [0.2, 0.25) is 0 Å². The van der Waals surface area contributed by atoms with Crippen LogP contribution >= 0.6 is 11.6 Å². The maximum Gasteiger partial charge on any atom is 0.127 e. The van der Waals surface area contributed by atoms with Crippen molar-refractivity contribution in [3.8, 4) is 5.75 Å². The van der Waals surface area contributed by atoms with Gasteiger partial charge in [-0.2, -0.15) is 0 Å². The minimum atomic E-state index is 0.281. The summed E-state index contributed by atoms with van der Waals surface area (Å²) in [5.74, 6) is 0.281. The van der Waals surface area contributed by atoms with Crippen molar-refractivity contribution in [1.29, 1.82) is 0 Å². The minimum Gasteiger partial charge on any atom is -0.507 e. The molecule has 0 amide bonds. The van der Waals surface area contributed by atoms with E-state index in [-0.39, 0.29) is 5.75 Å². The lowest BCUT2D eigenvalue weighted by Gasteiger charge is -2.06. The van der Waals surface area contributed by atoms with Gasteiger partial charge < -0.3 is 5.11 Å². The average Bonchev–Trinajstić information content (AvgIpc) is 2.40. The van der Waals surface area contributed by atoms with Crippen LogP contribution in [0, 0.1) is 6.92 Å². The third kappa shape index (κ3) is 3.36. The van der Waals surface area contributed by atoms with Crippen molar-refractivity contribution in [3.63, 3.8) is 0 Å². The molecule has 0 aliphatic rings.